The molecule has 0 bridgehead atoms. The van der Waals surface area contributed by atoms with Crippen molar-refractivity contribution in [3.8, 4) is 6.07 Å². The molecule has 74 valence electrons. The van der Waals surface area contributed by atoms with E-state index in [4.69, 9.17) is 11.0 Å². The smallest absolute Gasteiger partial charge is 0.131 e. The molecule has 0 aliphatic heterocycles. The summed E-state index contributed by atoms with van der Waals surface area (Å²) in [6, 6.07) is 5.31. The lowest BCUT2D eigenvalue weighted by Gasteiger charge is -2.22. The zero-order valence-electron chi connectivity index (χ0n) is 7.72. The molecule has 2 nitrogen and oxygen atoms in total. The third kappa shape index (κ3) is 1.88. The van der Waals surface area contributed by atoms with Crippen LogP contribution in [0.25, 0.3) is 0 Å². The van der Waals surface area contributed by atoms with E-state index in [1.807, 2.05) is 0 Å². The van der Waals surface area contributed by atoms with E-state index >= 15 is 0 Å². The number of halogens is 2. The molecule has 0 amide bonds. The first kappa shape index (κ1) is 10.6. The summed E-state index contributed by atoms with van der Waals surface area (Å²) >= 11 is 0. The summed E-state index contributed by atoms with van der Waals surface area (Å²) in [6.07, 6.45) is -0.134. The van der Waals surface area contributed by atoms with Crippen molar-refractivity contribution in [2.45, 2.75) is 18.9 Å². The summed E-state index contributed by atoms with van der Waals surface area (Å²) in [5, 5.41) is 8.47. The molecule has 0 radical (unpaired) electrons. The van der Waals surface area contributed by atoms with Crippen molar-refractivity contribution in [3.63, 3.8) is 0 Å². The van der Waals surface area contributed by atoms with Crippen LogP contribution in [0.2, 0.25) is 0 Å². The fourth-order valence-corrected chi connectivity index (χ4v) is 1.30. The van der Waals surface area contributed by atoms with Crippen molar-refractivity contribution in [2.75, 3.05) is 0 Å². The highest BCUT2D eigenvalue weighted by Crippen LogP contribution is 2.26. The van der Waals surface area contributed by atoms with Crippen LogP contribution >= 0.6 is 0 Å². The Hall–Kier alpha value is -1.47. The second-order valence-electron chi connectivity index (χ2n) is 3.35. The number of hydrogen-bond donors (Lipinski definition) is 1. The molecular formula is C10H10F2N2. The van der Waals surface area contributed by atoms with Gasteiger partial charge < -0.3 is 5.73 Å². The Labute approximate surface area is 81.0 Å². The summed E-state index contributed by atoms with van der Waals surface area (Å²) in [4.78, 5) is 0. The SMILES string of the molecule is C[C@@](N)(CC#N)c1c(F)cccc1F. The summed E-state index contributed by atoms with van der Waals surface area (Å²) < 4.78 is 26.5. The van der Waals surface area contributed by atoms with Gasteiger partial charge in [-0.05, 0) is 19.1 Å². The summed E-state index contributed by atoms with van der Waals surface area (Å²) in [7, 11) is 0. The van der Waals surface area contributed by atoms with Gasteiger partial charge in [-0.15, -0.1) is 0 Å². The van der Waals surface area contributed by atoms with Gasteiger partial charge in [-0.25, -0.2) is 8.78 Å². The zero-order valence-corrected chi connectivity index (χ0v) is 7.72. The van der Waals surface area contributed by atoms with Gasteiger partial charge in [-0.3, -0.25) is 0 Å². The molecule has 14 heavy (non-hydrogen) atoms. The highest BCUT2D eigenvalue weighted by Gasteiger charge is 2.27. The molecule has 1 aromatic rings. The van der Waals surface area contributed by atoms with Gasteiger partial charge in [-0.1, -0.05) is 6.07 Å². The average molecular weight is 196 g/mol. The third-order valence-corrected chi connectivity index (χ3v) is 1.98. The van der Waals surface area contributed by atoms with Gasteiger partial charge in [0.15, 0.2) is 0 Å². The second kappa shape index (κ2) is 3.72. The topological polar surface area (TPSA) is 49.8 Å². The van der Waals surface area contributed by atoms with E-state index in [1.54, 1.807) is 6.07 Å². The minimum atomic E-state index is -1.29. The van der Waals surface area contributed by atoms with E-state index in [1.165, 1.54) is 13.0 Å². The molecule has 1 rings (SSSR count). The van der Waals surface area contributed by atoms with Crippen molar-refractivity contribution < 1.29 is 8.78 Å². The van der Waals surface area contributed by atoms with E-state index in [9.17, 15) is 8.78 Å². The fraction of sp³-hybridized carbons (Fsp3) is 0.300. The number of benzene rings is 1. The first-order chi connectivity index (χ1) is 6.49. The maximum absolute atomic E-state index is 13.2. The van der Waals surface area contributed by atoms with Gasteiger partial charge >= 0.3 is 0 Å². The lowest BCUT2D eigenvalue weighted by molar-refractivity contribution is 0.434. The van der Waals surface area contributed by atoms with Crippen LogP contribution in [-0.2, 0) is 5.54 Å². The van der Waals surface area contributed by atoms with Crippen molar-refractivity contribution in [1.82, 2.24) is 0 Å². The zero-order chi connectivity index (χ0) is 10.8. The summed E-state index contributed by atoms with van der Waals surface area (Å²) in [5.74, 6) is -1.43. The first-order valence-corrected chi connectivity index (χ1v) is 4.09. The Balaban J connectivity index is 3.25. The predicted octanol–water partition coefficient (Wildman–Crippen LogP) is 2.05. The molecule has 0 aliphatic carbocycles. The number of nitrogens with zero attached hydrogens (tertiary/aromatic N) is 1. The molecule has 0 unspecified atom stereocenters. The molecule has 0 spiro atoms. The van der Waals surface area contributed by atoms with Crippen LogP contribution in [0.3, 0.4) is 0 Å². The maximum atomic E-state index is 13.2. The minimum absolute atomic E-state index is 0.134. The van der Waals surface area contributed by atoms with Gasteiger partial charge in [0, 0.05) is 5.56 Å². The Bertz CT molecular complexity index is 360. The van der Waals surface area contributed by atoms with Crippen molar-refractivity contribution in [3.05, 3.63) is 35.4 Å². The lowest BCUT2D eigenvalue weighted by Crippen LogP contribution is -2.34. The minimum Gasteiger partial charge on any atom is -0.321 e. The summed E-state index contributed by atoms with van der Waals surface area (Å²) in [5.41, 5.74) is 4.13. The Morgan fingerprint density at radius 1 is 1.43 bits per heavy atom. The maximum Gasteiger partial charge on any atom is 0.131 e. The fourth-order valence-electron chi connectivity index (χ4n) is 1.30. The van der Waals surface area contributed by atoms with Gasteiger partial charge in [0.25, 0.3) is 0 Å². The highest BCUT2D eigenvalue weighted by atomic mass is 19.1. The molecule has 1 aromatic carbocycles. The number of rotatable bonds is 2. The Morgan fingerprint density at radius 2 is 1.93 bits per heavy atom. The molecular weight excluding hydrogens is 186 g/mol. The molecule has 0 saturated heterocycles. The molecule has 0 saturated carbocycles. The number of hydrogen-bond acceptors (Lipinski definition) is 2. The van der Waals surface area contributed by atoms with Gasteiger partial charge in [-0.2, -0.15) is 5.26 Å². The van der Waals surface area contributed by atoms with Crippen molar-refractivity contribution in [2.24, 2.45) is 5.73 Å². The molecule has 0 aliphatic rings. The molecule has 4 heteroatoms. The average Bonchev–Trinajstić information content (AvgIpc) is 2.02. The van der Waals surface area contributed by atoms with Crippen LogP contribution in [0, 0.1) is 23.0 Å². The Kier molecular flexibility index (Phi) is 2.82. The molecule has 0 fully saturated rings. The largest absolute Gasteiger partial charge is 0.321 e. The van der Waals surface area contributed by atoms with E-state index in [2.05, 4.69) is 0 Å². The van der Waals surface area contributed by atoms with Gasteiger partial charge in [0.2, 0.25) is 0 Å². The highest BCUT2D eigenvalue weighted by molar-refractivity contribution is 5.27. The van der Waals surface area contributed by atoms with Crippen molar-refractivity contribution in [1.29, 1.82) is 5.26 Å². The number of nitrogens with two attached hydrogens (primary N) is 1. The van der Waals surface area contributed by atoms with Gasteiger partial charge in [0.05, 0.1) is 18.0 Å². The van der Waals surface area contributed by atoms with Crippen LogP contribution in [0.5, 0.6) is 0 Å². The molecule has 2 N–H and O–H groups in total. The second-order valence-corrected chi connectivity index (χ2v) is 3.35. The van der Waals surface area contributed by atoms with Crippen LogP contribution < -0.4 is 5.73 Å². The normalized spacial score (nSPS) is 14.5. The predicted molar refractivity (Wildman–Crippen MR) is 48.1 cm³/mol. The molecule has 0 aromatic heterocycles. The van der Waals surface area contributed by atoms with E-state index in [-0.39, 0.29) is 12.0 Å². The lowest BCUT2D eigenvalue weighted by atomic mass is 9.89. The number of nitriles is 1. The molecule has 1 atom stereocenters. The van der Waals surface area contributed by atoms with E-state index in [0.29, 0.717) is 0 Å². The monoisotopic (exact) mass is 196 g/mol. The van der Waals surface area contributed by atoms with Crippen LogP contribution in [0.1, 0.15) is 18.9 Å². The first-order valence-electron chi connectivity index (χ1n) is 4.09. The molecule has 0 heterocycles. The standard InChI is InChI=1S/C10H10F2N2/c1-10(14,5-6-13)9-7(11)3-2-4-8(9)12/h2-4H,5,14H2,1H3/t10-/m1/s1. The quantitative estimate of drug-likeness (QED) is 0.786. The Morgan fingerprint density at radius 3 is 2.36 bits per heavy atom. The summed E-state index contributed by atoms with van der Waals surface area (Å²) in [6.45, 7) is 1.43. The van der Waals surface area contributed by atoms with Crippen LogP contribution in [0.4, 0.5) is 8.78 Å². The van der Waals surface area contributed by atoms with Crippen LogP contribution in [0.15, 0.2) is 18.2 Å². The van der Waals surface area contributed by atoms with E-state index < -0.39 is 17.2 Å². The van der Waals surface area contributed by atoms with Crippen LogP contribution in [-0.4, -0.2) is 0 Å². The van der Waals surface area contributed by atoms with Crippen molar-refractivity contribution >= 4 is 0 Å². The van der Waals surface area contributed by atoms with E-state index in [0.717, 1.165) is 12.1 Å². The van der Waals surface area contributed by atoms with Gasteiger partial charge in [0.1, 0.15) is 11.6 Å². The third-order valence-electron chi connectivity index (χ3n) is 1.98.